The summed E-state index contributed by atoms with van der Waals surface area (Å²) in [6.07, 6.45) is -4.64. The van der Waals surface area contributed by atoms with Gasteiger partial charge in [-0.25, -0.2) is 18.1 Å². The normalized spacial score (nSPS) is 13.5. The lowest BCUT2D eigenvalue weighted by Gasteiger charge is -2.16. The van der Waals surface area contributed by atoms with E-state index in [9.17, 15) is 26.4 Å². The van der Waals surface area contributed by atoms with E-state index in [-0.39, 0.29) is 10.0 Å². The molecule has 0 aliphatic rings. The summed E-state index contributed by atoms with van der Waals surface area (Å²) in [6, 6.07) is 6.00. The summed E-state index contributed by atoms with van der Waals surface area (Å²) in [4.78, 5) is 15.6. The van der Waals surface area contributed by atoms with Crippen molar-refractivity contribution in [2.75, 3.05) is 0 Å². The van der Waals surface area contributed by atoms with Crippen molar-refractivity contribution < 1.29 is 26.4 Å². The molecule has 0 fully saturated rings. The van der Waals surface area contributed by atoms with Gasteiger partial charge in [-0.1, -0.05) is 29.8 Å². The molecule has 2 aromatic rings. The highest BCUT2D eigenvalue weighted by atomic mass is 35.5. The number of nitrogens with one attached hydrogen (secondary N) is 1. The van der Waals surface area contributed by atoms with Gasteiger partial charge < -0.3 is 4.57 Å². The van der Waals surface area contributed by atoms with Crippen LogP contribution in [0.15, 0.2) is 41.6 Å². The maximum atomic E-state index is 12.5. The Kier molecular flexibility index (Phi) is 5.43. The van der Waals surface area contributed by atoms with Gasteiger partial charge in [-0.3, -0.25) is 4.79 Å². The van der Waals surface area contributed by atoms with Crippen molar-refractivity contribution >= 4 is 27.5 Å². The van der Waals surface area contributed by atoms with Crippen LogP contribution < -0.4 is 4.72 Å². The summed E-state index contributed by atoms with van der Waals surface area (Å²) in [5.74, 6) is -1.13. The van der Waals surface area contributed by atoms with Crippen LogP contribution in [-0.2, 0) is 10.0 Å². The van der Waals surface area contributed by atoms with Gasteiger partial charge in [0.15, 0.2) is 5.69 Å². The van der Waals surface area contributed by atoms with Crippen LogP contribution in [-0.4, -0.2) is 30.1 Å². The second-order valence-corrected chi connectivity index (χ2v) is 7.25. The number of aromatic nitrogens is 2. The summed E-state index contributed by atoms with van der Waals surface area (Å²) < 4.78 is 64.3. The van der Waals surface area contributed by atoms with E-state index in [1.54, 1.807) is 10.8 Å². The van der Waals surface area contributed by atoms with Crippen LogP contribution in [0.1, 0.15) is 29.9 Å². The van der Waals surface area contributed by atoms with Crippen molar-refractivity contribution in [2.45, 2.75) is 30.5 Å². The average molecular weight is 396 g/mol. The predicted octanol–water partition coefficient (Wildman–Crippen LogP) is 3.17. The molecule has 0 radical (unpaired) electrons. The minimum Gasteiger partial charge on any atom is -0.318 e. The second kappa shape index (κ2) is 7.04. The van der Waals surface area contributed by atoms with E-state index >= 15 is 0 Å². The number of alkyl halides is 3. The molecule has 1 aromatic heterocycles. The highest BCUT2D eigenvalue weighted by Gasteiger charge is 2.32. The van der Waals surface area contributed by atoms with Crippen LogP contribution in [0.25, 0.3) is 0 Å². The van der Waals surface area contributed by atoms with E-state index in [1.165, 1.54) is 31.2 Å². The molecule has 25 heavy (non-hydrogen) atoms. The van der Waals surface area contributed by atoms with E-state index in [4.69, 9.17) is 11.6 Å². The number of halogens is 4. The molecule has 0 saturated carbocycles. The van der Waals surface area contributed by atoms with E-state index in [1.807, 2.05) is 0 Å². The predicted molar refractivity (Wildman–Crippen MR) is 83.7 cm³/mol. The number of sulfonamides is 1. The zero-order valence-corrected chi connectivity index (χ0v) is 14.4. The Labute approximate surface area is 146 Å². The Balaban J connectivity index is 2.21. The quantitative estimate of drug-likeness (QED) is 0.843. The van der Waals surface area contributed by atoms with E-state index in [0.717, 1.165) is 10.9 Å². The Morgan fingerprint density at radius 1 is 1.32 bits per heavy atom. The van der Waals surface area contributed by atoms with Gasteiger partial charge in [-0.2, -0.15) is 13.2 Å². The Morgan fingerprint density at radius 3 is 2.48 bits per heavy atom. The molecule has 1 unspecified atom stereocenters. The number of hydrogen-bond acceptors (Lipinski definition) is 4. The van der Waals surface area contributed by atoms with Crippen LogP contribution in [0, 0.1) is 0 Å². The zero-order chi connectivity index (χ0) is 18.8. The van der Waals surface area contributed by atoms with Crippen molar-refractivity contribution in [1.82, 2.24) is 14.3 Å². The SMILES string of the molecule is CC(CC(F)(F)F)n1cnc(C(=O)NS(=O)(=O)c2ccccc2)c1Cl. The minimum atomic E-state index is -4.42. The first-order valence-corrected chi connectivity index (χ1v) is 8.78. The topological polar surface area (TPSA) is 81.1 Å². The van der Waals surface area contributed by atoms with Gasteiger partial charge in [-0.05, 0) is 19.1 Å². The zero-order valence-electron chi connectivity index (χ0n) is 12.8. The second-order valence-electron chi connectivity index (χ2n) is 5.21. The molecule has 1 amide bonds. The first-order valence-electron chi connectivity index (χ1n) is 6.92. The van der Waals surface area contributed by atoms with Gasteiger partial charge in [0.05, 0.1) is 17.6 Å². The fraction of sp³-hybridized carbons (Fsp3) is 0.286. The molecule has 0 bridgehead atoms. The maximum absolute atomic E-state index is 12.5. The third-order valence-corrected chi connectivity index (χ3v) is 4.95. The lowest BCUT2D eigenvalue weighted by Crippen LogP contribution is -2.31. The van der Waals surface area contributed by atoms with Crippen molar-refractivity contribution in [2.24, 2.45) is 0 Å². The number of carbonyl (C=O) groups is 1. The molecule has 1 atom stereocenters. The smallest absolute Gasteiger partial charge is 0.318 e. The molecular formula is C14H13ClF3N3O3S. The fourth-order valence-corrected chi connectivity index (χ4v) is 3.39. The number of amides is 1. The number of imidazole rings is 1. The molecule has 6 nitrogen and oxygen atoms in total. The molecule has 0 saturated heterocycles. The van der Waals surface area contributed by atoms with Gasteiger partial charge in [0.2, 0.25) is 0 Å². The third-order valence-electron chi connectivity index (χ3n) is 3.23. The maximum Gasteiger partial charge on any atom is 0.391 e. The van der Waals surface area contributed by atoms with Crippen LogP contribution in [0.3, 0.4) is 0 Å². The standard InChI is InChI=1S/C14H13ClF3N3O3S/c1-9(7-14(16,17)18)21-8-19-11(12(21)15)13(22)20-25(23,24)10-5-3-2-4-6-10/h2-6,8-9H,7H2,1H3,(H,20,22). The van der Waals surface area contributed by atoms with Crippen LogP contribution in [0.4, 0.5) is 13.2 Å². The van der Waals surface area contributed by atoms with E-state index in [2.05, 4.69) is 4.98 Å². The summed E-state index contributed by atoms with van der Waals surface area (Å²) in [5, 5.41) is -0.377. The van der Waals surface area contributed by atoms with E-state index in [0.29, 0.717) is 0 Å². The molecule has 1 aromatic carbocycles. The largest absolute Gasteiger partial charge is 0.391 e. The highest BCUT2D eigenvalue weighted by Crippen LogP contribution is 2.30. The molecule has 0 spiro atoms. The van der Waals surface area contributed by atoms with Crippen molar-refractivity contribution in [3.63, 3.8) is 0 Å². The summed E-state index contributed by atoms with van der Waals surface area (Å²) in [7, 11) is -4.15. The lowest BCUT2D eigenvalue weighted by molar-refractivity contribution is -0.141. The lowest BCUT2D eigenvalue weighted by atomic mass is 10.2. The summed E-state index contributed by atoms with van der Waals surface area (Å²) >= 11 is 5.90. The van der Waals surface area contributed by atoms with Crippen molar-refractivity contribution in [3.8, 4) is 0 Å². The highest BCUT2D eigenvalue weighted by molar-refractivity contribution is 7.90. The molecular weight excluding hydrogens is 383 g/mol. The van der Waals surface area contributed by atoms with Gasteiger partial charge in [0.25, 0.3) is 15.9 Å². The molecule has 1 N–H and O–H groups in total. The molecule has 0 aliphatic heterocycles. The fourth-order valence-electron chi connectivity index (χ4n) is 2.07. The molecule has 2 rings (SSSR count). The van der Waals surface area contributed by atoms with Crippen LogP contribution in [0.2, 0.25) is 5.15 Å². The number of rotatable bonds is 5. The molecule has 136 valence electrons. The summed E-state index contributed by atoms with van der Waals surface area (Å²) in [6.45, 7) is 1.25. The van der Waals surface area contributed by atoms with Crippen LogP contribution >= 0.6 is 11.6 Å². The van der Waals surface area contributed by atoms with Crippen molar-refractivity contribution in [3.05, 3.63) is 47.5 Å². The minimum absolute atomic E-state index is 0.149. The average Bonchev–Trinajstić information content (AvgIpc) is 2.88. The first-order chi connectivity index (χ1) is 11.5. The molecule has 11 heteroatoms. The van der Waals surface area contributed by atoms with Gasteiger partial charge >= 0.3 is 6.18 Å². The van der Waals surface area contributed by atoms with Gasteiger partial charge in [0, 0.05) is 6.04 Å². The number of carbonyl (C=O) groups excluding carboxylic acids is 1. The molecule has 0 aliphatic carbocycles. The van der Waals surface area contributed by atoms with Gasteiger partial charge in [-0.15, -0.1) is 0 Å². The number of benzene rings is 1. The van der Waals surface area contributed by atoms with E-state index < -0.39 is 40.3 Å². The van der Waals surface area contributed by atoms with Gasteiger partial charge in [0.1, 0.15) is 5.15 Å². The third kappa shape index (κ3) is 4.73. The Bertz CT molecular complexity index is 866. The van der Waals surface area contributed by atoms with Crippen molar-refractivity contribution in [1.29, 1.82) is 0 Å². The summed E-state index contributed by atoms with van der Waals surface area (Å²) in [5.41, 5.74) is -0.477. The van der Waals surface area contributed by atoms with Crippen LogP contribution in [0.5, 0.6) is 0 Å². The number of hydrogen-bond donors (Lipinski definition) is 1. The first kappa shape index (κ1) is 19.3. The Morgan fingerprint density at radius 2 is 1.92 bits per heavy atom. The Hall–Kier alpha value is -2.07. The number of nitrogens with zero attached hydrogens (tertiary/aromatic N) is 2. The molecule has 1 heterocycles. The monoisotopic (exact) mass is 395 g/mol.